The molecule has 16 heavy (non-hydrogen) atoms. The molecule has 1 aromatic heterocycles. The van der Waals surface area contributed by atoms with Crippen LogP contribution in [0.2, 0.25) is 5.15 Å². The van der Waals surface area contributed by atoms with Crippen LogP contribution in [-0.2, 0) is 17.8 Å². The summed E-state index contributed by atoms with van der Waals surface area (Å²) in [6.07, 6.45) is 2.91. The van der Waals surface area contributed by atoms with Gasteiger partial charge in [0.05, 0.1) is 5.69 Å². The van der Waals surface area contributed by atoms with Gasteiger partial charge in [0.2, 0.25) is 0 Å². The molecule has 0 fully saturated rings. The fourth-order valence-corrected chi connectivity index (χ4v) is 2.63. The van der Waals surface area contributed by atoms with E-state index in [1.165, 1.54) is 0 Å². The number of hydrogen-bond donors (Lipinski definition) is 1. The molecule has 0 aliphatic carbocycles. The molecular weight excluding hydrogens is 228 g/mol. The second-order valence-corrected chi connectivity index (χ2v) is 4.70. The number of halogens is 1. The zero-order valence-electron chi connectivity index (χ0n) is 9.24. The van der Waals surface area contributed by atoms with Crippen molar-refractivity contribution in [1.82, 2.24) is 9.55 Å². The van der Waals surface area contributed by atoms with Crippen LogP contribution in [0.15, 0.2) is 0 Å². The summed E-state index contributed by atoms with van der Waals surface area (Å²) in [7, 11) is 0. The fraction of sp³-hybridized carbons (Fsp3) is 0.636. The van der Waals surface area contributed by atoms with Crippen LogP contribution in [0.5, 0.6) is 0 Å². The van der Waals surface area contributed by atoms with Crippen LogP contribution in [0.25, 0.3) is 0 Å². The number of carboxylic acids is 1. The van der Waals surface area contributed by atoms with E-state index in [1.54, 1.807) is 0 Å². The zero-order chi connectivity index (χ0) is 11.7. The molecule has 88 valence electrons. The molecule has 4 nitrogen and oxygen atoms in total. The first-order valence-electron chi connectivity index (χ1n) is 5.51. The third-order valence-electron chi connectivity index (χ3n) is 3.21. The van der Waals surface area contributed by atoms with Crippen LogP contribution in [0, 0.1) is 12.8 Å². The van der Waals surface area contributed by atoms with Crippen molar-refractivity contribution in [2.24, 2.45) is 5.92 Å². The number of rotatable bonds is 3. The Morgan fingerprint density at radius 3 is 3.12 bits per heavy atom. The van der Waals surface area contributed by atoms with Crippen molar-refractivity contribution in [2.45, 2.75) is 39.2 Å². The number of aliphatic carboxylic acids is 1. The molecule has 0 amide bonds. The molecule has 1 atom stereocenters. The summed E-state index contributed by atoms with van der Waals surface area (Å²) in [6, 6.07) is 0. The third kappa shape index (κ3) is 2.21. The predicted molar refractivity (Wildman–Crippen MR) is 60.7 cm³/mol. The van der Waals surface area contributed by atoms with Gasteiger partial charge in [-0.1, -0.05) is 11.6 Å². The number of imidazole rings is 1. The van der Waals surface area contributed by atoms with E-state index >= 15 is 0 Å². The molecule has 0 saturated heterocycles. The molecule has 1 N–H and O–H groups in total. The lowest BCUT2D eigenvalue weighted by Gasteiger charge is -2.24. The lowest BCUT2D eigenvalue weighted by Crippen LogP contribution is -2.21. The molecule has 0 radical (unpaired) electrons. The average molecular weight is 243 g/mol. The maximum Gasteiger partial charge on any atom is 0.303 e. The van der Waals surface area contributed by atoms with Crippen molar-refractivity contribution >= 4 is 17.6 Å². The van der Waals surface area contributed by atoms with Crippen molar-refractivity contribution in [3.05, 3.63) is 16.7 Å². The number of hydrogen-bond acceptors (Lipinski definition) is 2. The third-order valence-corrected chi connectivity index (χ3v) is 3.51. The molecule has 2 heterocycles. The van der Waals surface area contributed by atoms with Gasteiger partial charge < -0.3 is 9.67 Å². The predicted octanol–water partition coefficient (Wildman–Crippen LogP) is 2.27. The highest BCUT2D eigenvalue weighted by atomic mass is 35.5. The number of carboxylic acid groups (broad SMARTS) is 1. The van der Waals surface area contributed by atoms with Crippen LogP contribution in [-0.4, -0.2) is 20.6 Å². The first kappa shape index (κ1) is 11.5. The van der Waals surface area contributed by atoms with Crippen LogP contribution >= 0.6 is 11.6 Å². The van der Waals surface area contributed by atoms with E-state index in [2.05, 4.69) is 9.55 Å². The summed E-state index contributed by atoms with van der Waals surface area (Å²) >= 11 is 6.01. The largest absolute Gasteiger partial charge is 0.481 e. The van der Waals surface area contributed by atoms with Gasteiger partial charge in [0, 0.05) is 13.0 Å². The monoisotopic (exact) mass is 242 g/mol. The molecule has 2 rings (SSSR count). The molecular formula is C11H15ClN2O2. The minimum absolute atomic E-state index is 0.251. The first-order valence-corrected chi connectivity index (χ1v) is 5.89. The first-order chi connectivity index (χ1) is 7.58. The minimum atomic E-state index is -0.716. The Balaban J connectivity index is 2.05. The number of nitrogens with zero attached hydrogens (tertiary/aromatic N) is 2. The van der Waals surface area contributed by atoms with Gasteiger partial charge in [0.1, 0.15) is 5.82 Å². The minimum Gasteiger partial charge on any atom is -0.481 e. The van der Waals surface area contributed by atoms with E-state index < -0.39 is 5.97 Å². The summed E-state index contributed by atoms with van der Waals surface area (Å²) in [5, 5.41) is 9.26. The Kier molecular flexibility index (Phi) is 3.19. The lowest BCUT2D eigenvalue weighted by molar-refractivity contribution is -0.137. The summed E-state index contributed by atoms with van der Waals surface area (Å²) in [6.45, 7) is 2.79. The Morgan fingerprint density at radius 1 is 1.69 bits per heavy atom. The van der Waals surface area contributed by atoms with Gasteiger partial charge in [0.25, 0.3) is 0 Å². The van der Waals surface area contributed by atoms with E-state index in [4.69, 9.17) is 16.7 Å². The lowest BCUT2D eigenvalue weighted by atomic mass is 9.93. The molecule has 1 aliphatic heterocycles. The van der Waals surface area contributed by atoms with Crippen LogP contribution in [0.3, 0.4) is 0 Å². The summed E-state index contributed by atoms with van der Waals surface area (Å²) in [4.78, 5) is 14.8. The molecule has 0 saturated carbocycles. The molecule has 5 heteroatoms. The fourth-order valence-electron chi connectivity index (χ4n) is 2.31. The van der Waals surface area contributed by atoms with Crippen molar-refractivity contribution < 1.29 is 9.90 Å². The van der Waals surface area contributed by atoms with Crippen LogP contribution < -0.4 is 0 Å². The normalized spacial score (nSPS) is 19.5. The summed E-state index contributed by atoms with van der Waals surface area (Å²) in [5.74, 6) is 0.652. The highest BCUT2D eigenvalue weighted by Gasteiger charge is 2.23. The van der Waals surface area contributed by atoms with E-state index in [1.807, 2.05) is 6.92 Å². The van der Waals surface area contributed by atoms with Gasteiger partial charge in [0.15, 0.2) is 5.15 Å². The number of aryl methyl sites for hydroxylation is 1. The van der Waals surface area contributed by atoms with E-state index in [0.717, 1.165) is 37.3 Å². The SMILES string of the molecule is Cc1nc(Cl)c2n1CC(CCC(=O)O)CC2. The van der Waals surface area contributed by atoms with Crippen LogP contribution in [0.1, 0.15) is 30.8 Å². The number of fused-ring (bicyclic) bond motifs is 1. The smallest absolute Gasteiger partial charge is 0.303 e. The molecule has 1 aromatic rings. The van der Waals surface area contributed by atoms with Crippen LogP contribution in [0.4, 0.5) is 0 Å². The highest BCUT2D eigenvalue weighted by Crippen LogP contribution is 2.29. The second-order valence-electron chi connectivity index (χ2n) is 4.34. The van der Waals surface area contributed by atoms with Gasteiger partial charge >= 0.3 is 5.97 Å². The molecule has 0 spiro atoms. The standard InChI is InChI=1S/C11H15ClN2O2/c1-7-13-11(12)9-4-2-8(6-14(7)9)3-5-10(15)16/h8H,2-6H2,1H3,(H,15,16). The van der Waals surface area contributed by atoms with Gasteiger partial charge in [-0.2, -0.15) is 0 Å². The quantitative estimate of drug-likeness (QED) is 0.885. The Morgan fingerprint density at radius 2 is 2.44 bits per heavy atom. The van der Waals surface area contributed by atoms with Gasteiger partial charge in [-0.05, 0) is 32.1 Å². The van der Waals surface area contributed by atoms with Crippen molar-refractivity contribution in [3.63, 3.8) is 0 Å². The summed E-state index contributed by atoms with van der Waals surface area (Å²) in [5.41, 5.74) is 1.10. The average Bonchev–Trinajstić information content (AvgIpc) is 2.52. The molecule has 1 aliphatic rings. The van der Waals surface area contributed by atoms with Crippen molar-refractivity contribution in [1.29, 1.82) is 0 Å². The van der Waals surface area contributed by atoms with Crippen molar-refractivity contribution in [2.75, 3.05) is 0 Å². The topological polar surface area (TPSA) is 55.1 Å². The Bertz CT molecular complexity index is 414. The van der Waals surface area contributed by atoms with E-state index in [-0.39, 0.29) is 6.42 Å². The molecule has 0 aromatic carbocycles. The Hall–Kier alpha value is -1.03. The Labute approximate surface area is 99.2 Å². The molecule has 0 bridgehead atoms. The summed E-state index contributed by atoms with van der Waals surface area (Å²) < 4.78 is 2.12. The van der Waals surface area contributed by atoms with E-state index in [9.17, 15) is 4.79 Å². The highest BCUT2D eigenvalue weighted by molar-refractivity contribution is 6.30. The van der Waals surface area contributed by atoms with Gasteiger partial charge in [-0.15, -0.1) is 0 Å². The maximum absolute atomic E-state index is 10.5. The number of carbonyl (C=O) groups is 1. The van der Waals surface area contributed by atoms with Gasteiger partial charge in [-0.3, -0.25) is 4.79 Å². The number of aromatic nitrogens is 2. The maximum atomic E-state index is 10.5. The second kappa shape index (κ2) is 4.45. The zero-order valence-corrected chi connectivity index (χ0v) is 10.00. The van der Waals surface area contributed by atoms with E-state index in [0.29, 0.717) is 11.1 Å². The van der Waals surface area contributed by atoms with Crippen molar-refractivity contribution in [3.8, 4) is 0 Å². The molecule has 1 unspecified atom stereocenters. The van der Waals surface area contributed by atoms with Gasteiger partial charge in [-0.25, -0.2) is 4.98 Å².